The molecule has 8 heteroatoms. The van der Waals surface area contributed by atoms with Gasteiger partial charge in [0.1, 0.15) is 23.4 Å². The second-order valence-corrected chi connectivity index (χ2v) is 8.66. The maximum atomic E-state index is 13.2. The molecule has 0 bridgehead atoms. The summed E-state index contributed by atoms with van der Waals surface area (Å²) in [6, 6.07) is 20.3. The first kappa shape index (κ1) is 22.8. The molecule has 0 radical (unpaired) electrons. The van der Waals surface area contributed by atoms with Gasteiger partial charge in [-0.1, -0.05) is 18.2 Å². The van der Waals surface area contributed by atoms with Crippen molar-refractivity contribution in [3.63, 3.8) is 0 Å². The lowest BCUT2D eigenvalue weighted by Crippen LogP contribution is -2.58. The quantitative estimate of drug-likeness (QED) is 0.333. The fraction of sp³-hybridized carbons (Fsp3) is 0.160. The highest BCUT2D eigenvalue weighted by molar-refractivity contribution is 8.00. The molecule has 0 spiro atoms. The number of para-hydroxylation sites is 1. The number of hydrogen-bond donors (Lipinski definition) is 2. The number of likely N-dealkylation sites (tertiary alicyclic amines) is 1. The van der Waals surface area contributed by atoms with Crippen LogP contribution in [0.2, 0.25) is 0 Å². The molecule has 1 aliphatic rings. The van der Waals surface area contributed by atoms with Gasteiger partial charge in [-0.05, 0) is 67.5 Å². The number of β-amino-alcohol motifs (C(OH)–C–C–N with tert-alkyl or cyclic N) is 1. The fourth-order valence-corrected chi connectivity index (χ4v) is 4.40. The Morgan fingerprint density at radius 1 is 1.03 bits per heavy atom. The van der Waals surface area contributed by atoms with Gasteiger partial charge in [0.2, 0.25) is 0 Å². The number of aliphatic hydroxyl groups is 1. The van der Waals surface area contributed by atoms with Gasteiger partial charge >= 0.3 is 0 Å². The van der Waals surface area contributed by atoms with Crippen molar-refractivity contribution in [1.82, 2.24) is 14.9 Å². The number of nitrogens with zero attached hydrogens (tertiary/aromatic N) is 3. The summed E-state index contributed by atoms with van der Waals surface area (Å²) < 4.78 is 16.5. The Kier molecular flexibility index (Phi) is 6.98. The van der Waals surface area contributed by atoms with Crippen molar-refractivity contribution < 1.29 is 14.3 Å². The molecule has 0 aliphatic carbocycles. The summed E-state index contributed by atoms with van der Waals surface area (Å²) in [4.78, 5) is 21.9. The third-order valence-corrected chi connectivity index (χ3v) is 6.07. The number of aromatic nitrogens is 2. The van der Waals surface area contributed by atoms with E-state index in [0.29, 0.717) is 18.7 Å². The van der Waals surface area contributed by atoms with Gasteiger partial charge < -0.3 is 9.83 Å². The molecule has 0 unspecified atom stereocenters. The number of nitrogens with one attached hydrogen (secondary N) is 1. The number of aldehydes is 1. The lowest BCUT2D eigenvalue weighted by atomic mass is 9.90. The Morgan fingerprint density at radius 3 is 2.42 bits per heavy atom. The monoisotopic (exact) mass is 462 g/mol. The summed E-state index contributed by atoms with van der Waals surface area (Å²) in [5.41, 5.74) is 1.69. The molecule has 33 heavy (non-hydrogen) atoms. The van der Waals surface area contributed by atoms with Crippen LogP contribution in [0, 0.1) is 5.82 Å². The molecule has 1 aliphatic heterocycles. The van der Waals surface area contributed by atoms with Crippen LogP contribution >= 0.6 is 11.9 Å². The molecular weight excluding hydrogens is 439 g/mol. The van der Waals surface area contributed by atoms with E-state index in [1.165, 1.54) is 30.3 Å². The van der Waals surface area contributed by atoms with E-state index >= 15 is 0 Å². The molecule has 0 amide bonds. The topological polar surface area (TPSA) is 78.3 Å². The third-order valence-electron chi connectivity index (χ3n) is 5.18. The Hall–Kier alpha value is -3.33. The third kappa shape index (κ3) is 5.36. The first-order valence-electron chi connectivity index (χ1n) is 10.3. The van der Waals surface area contributed by atoms with Crippen LogP contribution in [-0.4, -0.2) is 46.4 Å². The fourth-order valence-electron chi connectivity index (χ4n) is 3.63. The van der Waals surface area contributed by atoms with E-state index in [-0.39, 0.29) is 5.69 Å². The summed E-state index contributed by atoms with van der Waals surface area (Å²) in [5, 5.41) is 11.0. The van der Waals surface area contributed by atoms with Gasteiger partial charge in [0.25, 0.3) is 0 Å². The van der Waals surface area contributed by atoms with Crippen LogP contribution in [0.3, 0.4) is 0 Å². The molecule has 1 saturated heterocycles. The summed E-state index contributed by atoms with van der Waals surface area (Å²) in [7, 11) is 1.87. The average molecular weight is 463 g/mol. The molecule has 5 rings (SSSR count). The molecule has 2 aromatic carbocycles. The number of rotatable bonds is 5. The van der Waals surface area contributed by atoms with Gasteiger partial charge in [0.15, 0.2) is 0 Å². The number of carbonyl (C=O) groups is 1. The van der Waals surface area contributed by atoms with Gasteiger partial charge in [0.05, 0.1) is 10.4 Å². The van der Waals surface area contributed by atoms with Crippen molar-refractivity contribution in [3.8, 4) is 0 Å². The van der Waals surface area contributed by atoms with Crippen LogP contribution in [0.5, 0.6) is 0 Å². The summed E-state index contributed by atoms with van der Waals surface area (Å²) >= 11 is 1.52. The van der Waals surface area contributed by atoms with Crippen molar-refractivity contribution in [1.29, 1.82) is 0 Å². The van der Waals surface area contributed by atoms with E-state index in [1.54, 1.807) is 18.3 Å². The highest BCUT2D eigenvalue weighted by Crippen LogP contribution is 2.30. The van der Waals surface area contributed by atoms with Crippen LogP contribution in [0.25, 0.3) is 10.9 Å². The molecular formula is C25H23FN4O2S. The number of fused-ring (bicyclic) bond motifs is 1. The maximum Gasteiger partial charge on any atom is 0.150 e. The van der Waals surface area contributed by atoms with E-state index < -0.39 is 11.4 Å². The Balaban J connectivity index is 0.000000172. The van der Waals surface area contributed by atoms with E-state index in [4.69, 9.17) is 0 Å². The summed E-state index contributed by atoms with van der Waals surface area (Å²) in [6.07, 6.45) is 4.13. The van der Waals surface area contributed by atoms with Gasteiger partial charge in [0, 0.05) is 42.1 Å². The van der Waals surface area contributed by atoms with Crippen LogP contribution in [0.1, 0.15) is 16.1 Å². The zero-order valence-electron chi connectivity index (χ0n) is 18.0. The molecule has 0 atom stereocenters. The highest BCUT2D eigenvalue weighted by atomic mass is 32.2. The number of likely N-dealkylation sites (N-methyl/N-ethyl adjacent to an activating group) is 1. The highest BCUT2D eigenvalue weighted by Gasteiger charge is 2.43. The summed E-state index contributed by atoms with van der Waals surface area (Å²) in [5.74, 6) is -0.432. The largest absolute Gasteiger partial charge is 0.381 e. The molecule has 2 aromatic heterocycles. The average Bonchev–Trinajstić information content (AvgIpc) is 2.83. The molecule has 2 N–H and O–H groups in total. The van der Waals surface area contributed by atoms with Crippen molar-refractivity contribution in [2.75, 3.05) is 24.9 Å². The number of hydrogen-bond acceptors (Lipinski definition) is 7. The smallest absolute Gasteiger partial charge is 0.150 e. The zero-order valence-corrected chi connectivity index (χ0v) is 18.8. The maximum absolute atomic E-state index is 13.2. The molecule has 6 nitrogen and oxygen atoms in total. The first-order valence-corrected chi connectivity index (χ1v) is 11.1. The predicted molar refractivity (Wildman–Crippen MR) is 129 cm³/mol. The molecule has 0 saturated carbocycles. The molecule has 168 valence electrons. The number of anilines is 1. The normalized spacial score (nSPS) is 14.6. The number of carbonyl (C=O) groups excluding carboxylic acids is 1. The number of benzene rings is 2. The Morgan fingerprint density at radius 2 is 1.73 bits per heavy atom. The molecule has 1 fully saturated rings. The van der Waals surface area contributed by atoms with Crippen molar-refractivity contribution in [2.24, 2.45) is 0 Å². The minimum absolute atomic E-state index is 0.160. The second-order valence-electron chi connectivity index (χ2n) is 7.81. The van der Waals surface area contributed by atoms with Crippen molar-refractivity contribution >= 4 is 34.8 Å². The predicted octanol–water partition coefficient (Wildman–Crippen LogP) is 4.52. The minimum atomic E-state index is -1.08. The Labute approximate surface area is 195 Å². The number of pyridine rings is 2. The standard InChI is InChI=1S/C16H12N2OS.C9H11FN2O/c19-11-12-6-8-14(9-7-12)18-20-15-5-1-3-13-4-2-10-17-16(13)15;1-12-5-9(13,6-12)8-7(10)3-2-4-11-8/h1-11,18H;2-4,13H,5-6H2,1H3. The van der Waals surface area contributed by atoms with E-state index in [1.807, 2.05) is 54.4 Å². The van der Waals surface area contributed by atoms with E-state index in [0.717, 1.165) is 27.8 Å². The van der Waals surface area contributed by atoms with Gasteiger partial charge in [-0.25, -0.2) is 4.39 Å². The number of halogens is 1. The lowest BCUT2D eigenvalue weighted by molar-refractivity contribution is -0.0972. The van der Waals surface area contributed by atoms with E-state index in [2.05, 4.69) is 14.7 Å². The van der Waals surface area contributed by atoms with Gasteiger partial charge in [-0.3, -0.25) is 19.7 Å². The van der Waals surface area contributed by atoms with Crippen LogP contribution in [-0.2, 0) is 5.60 Å². The SMILES string of the molecule is CN1CC(O)(c2ncccc2F)C1.O=Cc1ccc(NSc2cccc3cccnc23)cc1. The van der Waals surface area contributed by atoms with Gasteiger partial charge in [-0.15, -0.1) is 0 Å². The zero-order chi connectivity index (χ0) is 23.3. The van der Waals surface area contributed by atoms with Crippen molar-refractivity contribution in [2.45, 2.75) is 10.5 Å². The minimum Gasteiger partial charge on any atom is -0.381 e. The van der Waals surface area contributed by atoms with Crippen LogP contribution in [0.4, 0.5) is 10.1 Å². The summed E-state index contributed by atoms with van der Waals surface area (Å²) in [6.45, 7) is 0.891. The van der Waals surface area contributed by atoms with E-state index in [9.17, 15) is 14.3 Å². The molecule has 3 heterocycles. The second kappa shape index (κ2) is 10.1. The lowest BCUT2D eigenvalue weighted by Gasteiger charge is -2.43. The van der Waals surface area contributed by atoms with Crippen LogP contribution in [0.15, 0.2) is 84.0 Å². The van der Waals surface area contributed by atoms with Crippen molar-refractivity contribution in [3.05, 3.63) is 96.2 Å². The molecule has 4 aromatic rings. The Bertz CT molecular complexity index is 1240. The first-order chi connectivity index (χ1) is 16.0. The van der Waals surface area contributed by atoms with Gasteiger partial charge in [-0.2, -0.15) is 0 Å². The van der Waals surface area contributed by atoms with Crippen LogP contribution < -0.4 is 4.72 Å².